The highest BCUT2D eigenvalue weighted by atomic mass is 16.4. The van der Waals surface area contributed by atoms with Gasteiger partial charge in [-0.1, -0.05) is 30.3 Å². The first kappa shape index (κ1) is 28.4. The molecule has 0 saturated carbocycles. The van der Waals surface area contributed by atoms with E-state index in [4.69, 9.17) is 25.6 Å². The number of nitriles is 1. The third-order valence-electron chi connectivity index (χ3n) is 7.07. The third-order valence-corrected chi connectivity index (χ3v) is 7.07. The van der Waals surface area contributed by atoms with Gasteiger partial charge in [0.15, 0.2) is 6.33 Å². The fourth-order valence-electron chi connectivity index (χ4n) is 4.92. The van der Waals surface area contributed by atoms with E-state index in [0.29, 0.717) is 61.7 Å². The molecule has 3 aromatic heterocycles. The van der Waals surface area contributed by atoms with Crippen molar-refractivity contribution in [1.82, 2.24) is 20.4 Å². The Kier molecular flexibility index (Phi) is 7.53. The van der Waals surface area contributed by atoms with Gasteiger partial charge in [0.05, 0.1) is 22.8 Å². The zero-order valence-corrected chi connectivity index (χ0v) is 23.8. The molecule has 0 amide bonds. The predicted molar refractivity (Wildman–Crippen MR) is 171 cm³/mol. The van der Waals surface area contributed by atoms with Crippen LogP contribution in [-0.2, 0) is 0 Å². The van der Waals surface area contributed by atoms with Crippen LogP contribution < -0.4 is 22.7 Å². The summed E-state index contributed by atoms with van der Waals surface area (Å²) >= 11 is 0. The molecule has 0 aliphatic carbocycles. The Hall–Kier alpha value is -6.67. The summed E-state index contributed by atoms with van der Waals surface area (Å²) in [6, 6.07) is 28.5. The Balaban J connectivity index is 0.000000160. The van der Waals surface area contributed by atoms with E-state index in [1.807, 2.05) is 37.3 Å². The molecule has 11 nitrogen and oxygen atoms in total. The van der Waals surface area contributed by atoms with Crippen molar-refractivity contribution >= 4 is 33.3 Å². The fraction of sp³-hybridized carbons (Fsp3) is 0.0294. The number of hydrogen-bond donors (Lipinski definition) is 2. The third kappa shape index (κ3) is 5.84. The summed E-state index contributed by atoms with van der Waals surface area (Å²) in [6.45, 7) is 1.86. The first-order chi connectivity index (χ1) is 21.8. The fourth-order valence-corrected chi connectivity index (χ4v) is 4.92. The van der Waals surface area contributed by atoms with Crippen molar-refractivity contribution in [1.29, 1.82) is 5.26 Å². The van der Waals surface area contributed by atoms with Crippen molar-refractivity contribution in [3.8, 4) is 39.7 Å². The minimum Gasteiger partial charge on any atom is -0.422 e. The van der Waals surface area contributed by atoms with Crippen LogP contribution in [0.25, 0.3) is 55.6 Å². The van der Waals surface area contributed by atoms with E-state index in [0.717, 1.165) is 16.3 Å². The quantitative estimate of drug-likeness (QED) is 0.194. The smallest absolute Gasteiger partial charge is 0.344 e. The molecule has 0 fully saturated rings. The van der Waals surface area contributed by atoms with Crippen LogP contribution in [0.1, 0.15) is 11.1 Å². The van der Waals surface area contributed by atoms with Gasteiger partial charge in [-0.3, -0.25) is 0 Å². The van der Waals surface area contributed by atoms with Gasteiger partial charge < -0.3 is 20.3 Å². The van der Waals surface area contributed by atoms with Crippen molar-refractivity contribution < 1.29 is 8.83 Å². The Morgan fingerprint density at radius 2 is 1.38 bits per heavy atom. The van der Waals surface area contributed by atoms with E-state index in [2.05, 4.69) is 26.5 Å². The molecule has 7 aromatic rings. The molecule has 218 valence electrons. The van der Waals surface area contributed by atoms with Gasteiger partial charge >= 0.3 is 11.3 Å². The molecule has 0 aliphatic heterocycles. The maximum Gasteiger partial charge on any atom is 0.344 e. The second-order valence-corrected chi connectivity index (χ2v) is 10.0. The number of fused-ring (bicyclic) bond motifs is 2. The largest absolute Gasteiger partial charge is 0.422 e. The van der Waals surface area contributed by atoms with Gasteiger partial charge in [0.25, 0.3) is 0 Å². The molecule has 11 heteroatoms. The summed E-state index contributed by atoms with van der Waals surface area (Å²) in [5.41, 5.74) is 16.9. The number of rotatable bonds is 3. The Bertz CT molecular complexity index is 2380. The van der Waals surface area contributed by atoms with Crippen LogP contribution in [-0.4, -0.2) is 20.4 Å². The SMILES string of the molecule is Cc1c(-c2cccc(C#N)c2)c(=O)oc2cc(N)ccc12.Nc1ccc2cc(-c3cccc(-c4nncnn4)c3)c(=O)oc2c1. The molecule has 0 spiro atoms. The highest BCUT2D eigenvalue weighted by molar-refractivity contribution is 5.88. The number of benzene rings is 4. The molecule has 45 heavy (non-hydrogen) atoms. The number of aryl methyl sites for hydroxylation is 1. The van der Waals surface area contributed by atoms with Crippen LogP contribution in [0.3, 0.4) is 0 Å². The van der Waals surface area contributed by atoms with Gasteiger partial charge in [0, 0.05) is 39.8 Å². The van der Waals surface area contributed by atoms with Crippen LogP contribution in [0, 0.1) is 18.3 Å². The van der Waals surface area contributed by atoms with Crippen molar-refractivity contribution in [3.05, 3.63) is 129 Å². The first-order valence-corrected chi connectivity index (χ1v) is 13.6. The number of anilines is 2. The van der Waals surface area contributed by atoms with Crippen molar-refractivity contribution in [2.75, 3.05) is 11.5 Å². The highest BCUT2D eigenvalue weighted by Gasteiger charge is 2.14. The lowest BCUT2D eigenvalue weighted by Gasteiger charge is -2.08. The molecule has 0 aliphatic rings. The van der Waals surface area contributed by atoms with Crippen LogP contribution in [0.15, 0.2) is 116 Å². The van der Waals surface area contributed by atoms with Gasteiger partial charge in [-0.25, -0.2) is 9.59 Å². The molecule has 0 bridgehead atoms. The summed E-state index contributed by atoms with van der Waals surface area (Å²) in [6.07, 6.45) is 1.26. The van der Waals surface area contributed by atoms with Crippen LogP contribution in [0.2, 0.25) is 0 Å². The van der Waals surface area contributed by atoms with E-state index < -0.39 is 11.3 Å². The average Bonchev–Trinajstić information content (AvgIpc) is 3.05. The van der Waals surface area contributed by atoms with E-state index in [9.17, 15) is 9.59 Å². The molecule has 4 aromatic carbocycles. The average molecular weight is 594 g/mol. The second kappa shape index (κ2) is 11.9. The van der Waals surface area contributed by atoms with Gasteiger partial charge in [-0.2, -0.15) is 5.26 Å². The van der Waals surface area contributed by atoms with E-state index in [1.54, 1.807) is 60.7 Å². The molecule has 7 rings (SSSR count). The normalized spacial score (nSPS) is 10.7. The second-order valence-electron chi connectivity index (χ2n) is 10.0. The van der Waals surface area contributed by atoms with E-state index in [1.165, 1.54) is 6.33 Å². The zero-order chi connectivity index (χ0) is 31.5. The lowest BCUT2D eigenvalue weighted by atomic mass is 9.98. The molecule has 0 atom stereocenters. The zero-order valence-electron chi connectivity index (χ0n) is 23.8. The first-order valence-electron chi connectivity index (χ1n) is 13.6. The summed E-state index contributed by atoms with van der Waals surface area (Å²) < 4.78 is 10.7. The molecule has 3 heterocycles. The lowest BCUT2D eigenvalue weighted by Crippen LogP contribution is -2.06. The summed E-state index contributed by atoms with van der Waals surface area (Å²) in [7, 11) is 0. The summed E-state index contributed by atoms with van der Waals surface area (Å²) in [5.74, 6) is 0.386. The maximum absolute atomic E-state index is 12.3. The number of nitrogens with zero attached hydrogens (tertiary/aromatic N) is 5. The Labute approximate surface area is 255 Å². The number of nitrogens with two attached hydrogens (primary N) is 2. The molecule has 4 N–H and O–H groups in total. The topological polar surface area (TPSA) is 188 Å². The molecular weight excluding hydrogens is 570 g/mol. The number of hydrogen-bond acceptors (Lipinski definition) is 11. The van der Waals surface area contributed by atoms with Gasteiger partial charge in [-0.05, 0) is 72.1 Å². The van der Waals surface area contributed by atoms with Crippen LogP contribution in [0.4, 0.5) is 11.4 Å². The number of nitrogen functional groups attached to an aromatic ring is 2. The van der Waals surface area contributed by atoms with Crippen molar-refractivity contribution in [3.63, 3.8) is 0 Å². The van der Waals surface area contributed by atoms with Crippen molar-refractivity contribution in [2.45, 2.75) is 6.92 Å². The highest BCUT2D eigenvalue weighted by Crippen LogP contribution is 2.28. The van der Waals surface area contributed by atoms with Gasteiger partial charge in [-0.15, -0.1) is 20.4 Å². The van der Waals surface area contributed by atoms with Gasteiger partial charge in [0.2, 0.25) is 5.82 Å². The Morgan fingerprint density at radius 3 is 2.16 bits per heavy atom. The van der Waals surface area contributed by atoms with Gasteiger partial charge in [0.1, 0.15) is 11.2 Å². The minimum atomic E-state index is -0.435. The van der Waals surface area contributed by atoms with Crippen LogP contribution in [0.5, 0.6) is 0 Å². The molecule has 0 radical (unpaired) electrons. The van der Waals surface area contributed by atoms with E-state index in [-0.39, 0.29) is 0 Å². The monoisotopic (exact) mass is 593 g/mol. The predicted octanol–water partition coefficient (Wildman–Crippen LogP) is 5.51. The maximum atomic E-state index is 12.3. The summed E-state index contributed by atoms with van der Waals surface area (Å²) in [5, 5.41) is 25.9. The molecule has 0 unspecified atom stereocenters. The van der Waals surface area contributed by atoms with E-state index >= 15 is 0 Å². The summed E-state index contributed by atoms with van der Waals surface area (Å²) in [4.78, 5) is 24.6. The molecule has 0 saturated heterocycles. The van der Waals surface area contributed by atoms with Crippen LogP contribution >= 0.6 is 0 Å². The standard InChI is InChI=1S/C17H11N5O2.C17H12N2O2/c18-13-5-4-11-7-14(17(23)24-15(11)8-13)10-2-1-3-12(6-10)16-21-19-9-20-22-16;1-10-14-6-5-13(19)8-15(14)21-17(20)16(10)12-4-2-3-11(7-12)9-18/h1-9H,18H2;2-8H,19H2,1H3. The lowest BCUT2D eigenvalue weighted by molar-refractivity contribution is 0.562. The molecular formula is C34H23N7O4. The number of aromatic nitrogens is 4. The van der Waals surface area contributed by atoms with Crippen molar-refractivity contribution in [2.24, 2.45) is 0 Å². The Morgan fingerprint density at radius 1 is 0.711 bits per heavy atom. The minimum absolute atomic E-state index is 0.386.